The quantitative estimate of drug-likeness (QED) is 0.552. The summed E-state index contributed by atoms with van der Waals surface area (Å²) in [4.78, 5) is 25.2. The minimum Gasteiger partial charge on any atom is -0.462 e. The summed E-state index contributed by atoms with van der Waals surface area (Å²) in [7, 11) is 0. The fourth-order valence-corrected chi connectivity index (χ4v) is 3.29. The van der Waals surface area contributed by atoms with Crippen LogP contribution >= 0.6 is 0 Å². The molecule has 1 saturated carbocycles. The molecule has 31 heavy (non-hydrogen) atoms. The van der Waals surface area contributed by atoms with Crippen molar-refractivity contribution in [2.75, 3.05) is 11.9 Å². The summed E-state index contributed by atoms with van der Waals surface area (Å²) in [5.74, 6) is -0.867. The monoisotopic (exact) mass is 429 g/mol. The maximum absolute atomic E-state index is 13.1. The van der Waals surface area contributed by atoms with Crippen LogP contribution in [0, 0.1) is 0 Å². The lowest BCUT2D eigenvalue weighted by atomic mass is 10.2. The highest BCUT2D eigenvalue weighted by Gasteiger charge is 2.30. The molecule has 4 rings (SSSR count). The zero-order chi connectivity index (χ0) is 22.0. The number of rotatable bonds is 8. The van der Waals surface area contributed by atoms with Gasteiger partial charge in [0.25, 0.3) is 6.43 Å². The van der Waals surface area contributed by atoms with Crippen molar-refractivity contribution >= 4 is 17.7 Å². The second-order valence-corrected chi connectivity index (χ2v) is 7.15. The second-order valence-electron chi connectivity index (χ2n) is 7.15. The van der Waals surface area contributed by atoms with Crippen LogP contribution in [0.25, 0.3) is 5.69 Å². The largest absolute Gasteiger partial charge is 0.462 e. The van der Waals surface area contributed by atoms with Crippen molar-refractivity contribution in [3.05, 3.63) is 59.5 Å². The van der Waals surface area contributed by atoms with Gasteiger partial charge in [0.05, 0.1) is 18.5 Å². The van der Waals surface area contributed by atoms with Crippen LogP contribution in [0.1, 0.15) is 53.9 Å². The van der Waals surface area contributed by atoms with Crippen LogP contribution in [0.3, 0.4) is 0 Å². The average molecular weight is 429 g/mol. The third kappa shape index (κ3) is 4.47. The number of nitrogens with one attached hydrogen (secondary N) is 1. The number of hydrogen-bond acceptors (Lipinski definition) is 5. The molecule has 0 unspecified atom stereocenters. The van der Waals surface area contributed by atoms with E-state index >= 15 is 0 Å². The molecule has 0 saturated heterocycles. The van der Waals surface area contributed by atoms with E-state index in [0.717, 1.165) is 12.8 Å². The van der Waals surface area contributed by atoms with Crippen LogP contribution in [0.5, 0.6) is 0 Å². The normalized spacial score (nSPS) is 13.4. The van der Waals surface area contributed by atoms with Crippen LogP contribution in [0.15, 0.2) is 42.6 Å². The lowest BCUT2D eigenvalue weighted by Crippen LogP contribution is -2.23. The number of para-hydroxylation sites is 1. The van der Waals surface area contributed by atoms with Gasteiger partial charge in [-0.15, -0.1) is 0 Å². The molecule has 8 nitrogen and oxygen atoms in total. The van der Waals surface area contributed by atoms with Crippen LogP contribution in [-0.2, 0) is 16.1 Å². The molecule has 1 N–H and O–H groups in total. The van der Waals surface area contributed by atoms with E-state index in [4.69, 9.17) is 4.74 Å². The summed E-state index contributed by atoms with van der Waals surface area (Å²) < 4.78 is 34.0. The average Bonchev–Trinajstić information content (AvgIpc) is 3.37. The van der Waals surface area contributed by atoms with Crippen molar-refractivity contribution in [3.63, 3.8) is 0 Å². The van der Waals surface area contributed by atoms with Gasteiger partial charge in [-0.1, -0.05) is 18.2 Å². The standard InChI is InChI=1S/C21H21F2N5O3/c1-2-31-21(30)15-11-24-28(14-6-4-3-5-7-14)20(15)25-18(29)12-27-17(13-8-9-13)10-16(26-27)19(22)23/h3-7,10-11,13,19H,2,8-9,12H2,1H3,(H,25,29). The minimum absolute atomic E-state index is 0.0928. The van der Waals surface area contributed by atoms with Crippen molar-refractivity contribution in [2.24, 2.45) is 0 Å². The fourth-order valence-electron chi connectivity index (χ4n) is 3.29. The Morgan fingerprint density at radius 3 is 2.65 bits per heavy atom. The predicted molar refractivity (Wildman–Crippen MR) is 107 cm³/mol. The van der Waals surface area contributed by atoms with Crippen molar-refractivity contribution in [1.82, 2.24) is 19.6 Å². The van der Waals surface area contributed by atoms with Gasteiger partial charge in [0, 0.05) is 11.6 Å². The molecule has 3 aromatic rings. The number of amides is 1. The zero-order valence-electron chi connectivity index (χ0n) is 16.8. The van der Waals surface area contributed by atoms with E-state index in [-0.39, 0.29) is 36.1 Å². The topological polar surface area (TPSA) is 91.0 Å². The van der Waals surface area contributed by atoms with Crippen LogP contribution in [0.2, 0.25) is 0 Å². The van der Waals surface area contributed by atoms with Crippen LogP contribution < -0.4 is 5.32 Å². The Morgan fingerprint density at radius 2 is 2.00 bits per heavy atom. The number of hydrogen-bond donors (Lipinski definition) is 1. The minimum atomic E-state index is -2.71. The zero-order valence-corrected chi connectivity index (χ0v) is 16.8. The van der Waals surface area contributed by atoms with Gasteiger partial charge >= 0.3 is 5.97 Å². The summed E-state index contributed by atoms with van der Waals surface area (Å²) in [5.41, 5.74) is 0.991. The van der Waals surface area contributed by atoms with Gasteiger partial charge in [0.2, 0.25) is 5.91 Å². The molecule has 0 aliphatic heterocycles. The van der Waals surface area contributed by atoms with Gasteiger partial charge in [-0.3, -0.25) is 9.48 Å². The summed E-state index contributed by atoms with van der Waals surface area (Å²) in [5, 5.41) is 10.8. The highest BCUT2D eigenvalue weighted by Crippen LogP contribution is 2.41. The Hall–Kier alpha value is -3.56. The molecule has 1 aromatic carbocycles. The van der Waals surface area contributed by atoms with Gasteiger partial charge in [-0.05, 0) is 38.0 Å². The highest BCUT2D eigenvalue weighted by molar-refractivity contribution is 6.00. The molecule has 1 fully saturated rings. The molecule has 2 heterocycles. The number of carbonyl (C=O) groups is 2. The number of ether oxygens (including phenoxy) is 1. The second kappa shape index (κ2) is 8.66. The number of alkyl halides is 2. The van der Waals surface area contributed by atoms with Crippen LogP contribution in [-0.4, -0.2) is 38.0 Å². The van der Waals surface area contributed by atoms with E-state index in [0.29, 0.717) is 11.4 Å². The molecule has 0 spiro atoms. The summed E-state index contributed by atoms with van der Waals surface area (Å²) in [6, 6.07) is 10.3. The van der Waals surface area contributed by atoms with E-state index in [1.54, 1.807) is 31.2 Å². The number of esters is 1. The third-order valence-corrected chi connectivity index (χ3v) is 4.87. The van der Waals surface area contributed by atoms with Crippen molar-refractivity contribution in [1.29, 1.82) is 0 Å². The SMILES string of the molecule is CCOC(=O)c1cnn(-c2ccccc2)c1NC(=O)Cn1nc(C(F)F)cc1C1CC1. The first kappa shape index (κ1) is 20.7. The van der Waals surface area contributed by atoms with Gasteiger partial charge in [0.1, 0.15) is 17.8 Å². The number of nitrogens with zero attached hydrogens (tertiary/aromatic N) is 4. The van der Waals surface area contributed by atoms with E-state index in [1.165, 1.54) is 21.6 Å². The Bertz CT molecular complexity index is 1090. The highest BCUT2D eigenvalue weighted by atomic mass is 19.3. The maximum atomic E-state index is 13.1. The fraction of sp³-hybridized carbons (Fsp3) is 0.333. The molecule has 0 radical (unpaired) electrons. The molecule has 162 valence electrons. The Kier molecular flexibility index (Phi) is 5.79. The van der Waals surface area contributed by atoms with E-state index < -0.39 is 18.3 Å². The molecule has 1 aliphatic rings. The van der Waals surface area contributed by atoms with E-state index in [9.17, 15) is 18.4 Å². The Balaban J connectivity index is 1.62. The number of benzene rings is 1. The van der Waals surface area contributed by atoms with E-state index in [1.807, 2.05) is 6.07 Å². The predicted octanol–water partition coefficient (Wildman–Crippen LogP) is 3.70. The smallest absolute Gasteiger partial charge is 0.343 e. The number of halogens is 2. The summed E-state index contributed by atoms with van der Waals surface area (Å²) in [6.07, 6.45) is 0.365. The molecule has 1 amide bonds. The lowest BCUT2D eigenvalue weighted by molar-refractivity contribution is -0.117. The molecule has 0 bridgehead atoms. The third-order valence-electron chi connectivity index (χ3n) is 4.87. The molecule has 10 heteroatoms. The van der Waals surface area contributed by atoms with E-state index in [2.05, 4.69) is 15.5 Å². The molecule has 0 atom stereocenters. The number of carbonyl (C=O) groups excluding carboxylic acids is 2. The first-order valence-electron chi connectivity index (χ1n) is 9.94. The van der Waals surface area contributed by atoms with Gasteiger partial charge in [0.15, 0.2) is 5.82 Å². The summed E-state index contributed by atoms with van der Waals surface area (Å²) >= 11 is 0. The lowest BCUT2D eigenvalue weighted by Gasteiger charge is -2.12. The first-order valence-corrected chi connectivity index (χ1v) is 9.94. The maximum Gasteiger partial charge on any atom is 0.343 e. The van der Waals surface area contributed by atoms with Crippen LogP contribution in [0.4, 0.5) is 14.6 Å². The van der Waals surface area contributed by atoms with Crippen molar-refractivity contribution in [2.45, 2.75) is 38.7 Å². The molecule has 2 aromatic heterocycles. The van der Waals surface area contributed by atoms with Crippen molar-refractivity contribution in [3.8, 4) is 5.69 Å². The van der Waals surface area contributed by atoms with Crippen molar-refractivity contribution < 1.29 is 23.1 Å². The number of aromatic nitrogens is 4. The molecular formula is C21H21F2N5O3. The number of anilines is 1. The van der Waals surface area contributed by atoms with Gasteiger partial charge in [-0.2, -0.15) is 10.2 Å². The first-order chi connectivity index (χ1) is 15.0. The Morgan fingerprint density at radius 1 is 1.26 bits per heavy atom. The summed E-state index contributed by atoms with van der Waals surface area (Å²) in [6.45, 7) is 1.58. The molecule has 1 aliphatic carbocycles. The van der Waals surface area contributed by atoms with Gasteiger partial charge in [-0.25, -0.2) is 18.3 Å². The van der Waals surface area contributed by atoms with Gasteiger partial charge < -0.3 is 10.1 Å². The Labute approximate surface area is 176 Å². The molecular weight excluding hydrogens is 408 g/mol.